The molecule has 1 aromatic carbocycles. The van der Waals surface area contributed by atoms with Gasteiger partial charge in [-0.05, 0) is 43.4 Å². The van der Waals surface area contributed by atoms with Gasteiger partial charge in [0.05, 0.1) is 22.7 Å². The summed E-state index contributed by atoms with van der Waals surface area (Å²) in [6.45, 7) is 4.13. The Kier molecular flexibility index (Phi) is 3.95. The molecule has 1 saturated carbocycles. The van der Waals surface area contributed by atoms with Gasteiger partial charge in [0.2, 0.25) is 0 Å². The highest BCUT2D eigenvalue weighted by molar-refractivity contribution is 5.34. The first-order valence-corrected chi connectivity index (χ1v) is 7.99. The van der Waals surface area contributed by atoms with Crippen LogP contribution in [0.5, 0.6) is 0 Å². The summed E-state index contributed by atoms with van der Waals surface area (Å²) in [6, 6.07) is 6.49. The minimum Gasteiger partial charge on any atom is -0.390 e. The molecule has 0 spiro atoms. The van der Waals surface area contributed by atoms with E-state index in [1.807, 2.05) is 6.92 Å². The molecule has 1 saturated heterocycles. The number of hydrogen-bond donors (Lipinski definition) is 1. The van der Waals surface area contributed by atoms with E-state index in [4.69, 9.17) is 4.74 Å². The van der Waals surface area contributed by atoms with E-state index in [1.54, 1.807) is 12.1 Å². The fourth-order valence-electron chi connectivity index (χ4n) is 3.98. The topological polar surface area (TPSA) is 72.6 Å². The summed E-state index contributed by atoms with van der Waals surface area (Å²) in [4.78, 5) is 10.3. The Balaban J connectivity index is 1.81. The average molecular weight is 305 g/mol. The number of hydrogen-bond acceptors (Lipinski definition) is 4. The summed E-state index contributed by atoms with van der Waals surface area (Å²) in [5.74, 6) is 0.811. The Morgan fingerprint density at radius 2 is 2.00 bits per heavy atom. The summed E-state index contributed by atoms with van der Waals surface area (Å²) in [6.07, 6.45) is 3.55. The minimum absolute atomic E-state index is 0.0766. The second-order valence-corrected chi connectivity index (χ2v) is 7.10. The fraction of sp³-hybridized carbons (Fsp3) is 0.647. The first kappa shape index (κ1) is 15.4. The van der Waals surface area contributed by atoms with Gasteiger partial charge >= 0.3 is 0 Å². The van der Waals surface area contributed by atoms with E-state index >= 15 is 0 Å². The van der Waals surface area contributed by atoms with Crippen molar-refractivity contribution in [3.05, 3.63) is 39.9 Å². The number of non-ortho nitro benzene ring substituents is 1. The molecule has 1 heterocycles. The van der Waals surface area contributed by atoms with Crippen molar-refractivity contribution in [1.82, 2.24) is 0 Å². The lowest BCUT2D eigenvalue weighted by molar-refractivity contribution is -0.384. The van der Waals surface area contributed by atoms with Gasteiger partial charge in [0.25, 0.3) is 5.69 Å². The van der Waals surface area contributed by atoms with E-state index in [0.29, 0.717) is 12.3 Å². The number of fused-ring (bicyclic) bond motifs is 1. The molecular formula is C17H23NO4. The van der Waals surface area contributed by atoms with Crippen molar-refractivity contribution >= 4 is 5.69 Å². The normalized spacial score (nSPS) is 38.3. The Hall–Kier alpha value is -1.46. The predicted molar refractivity (Wildman–Crippen MR) is 82.5 cm³/mol. The number of nitro groups is 1. The van der Waals surface area contributed by atoms with Crippen molar-refractivity contribution in [1.29, 1.82) is 0 Å². The molecular weight excluding hydrogens is 282 g/mol. The van der Waals surface area contributed by atoms with Crippen molar-refractivity contribution in [3.63, 3.8) is 0 Å². The number of aliphatic hydroxyl groups is 1. The number of nitrogens with zero attached hydrogens (tertiary/aromatic N) is 1. The summed E-state index contributed by atoms with van der Waals surface area (Å²) in [5.41, 5.74) is 0.244. The van der Waals surface area contributed by atoms with Gasteiger partial charge < -0.3 is 9.84 Å². The third kappa shape index (κ3) is 2.88. The predicted octanol–water partition coefficient (Wildman–Crippen LogP) is 3.61. The van der Waals surface area contributed by atoms with Crippen LogP contribution in [-0.2, 0) is 4.74 Å². The number of ether oxygens (including phenoxy) is 1. The quantitative estimate of drug-likeness (QED) is 0.669. The largest absolute Gasteiger partial charge is 0.390 e. The summed E-state index contributed by atoms with van der Waals surface area (Å²) in [5, 5.41) is 21.6. The van der Waals surface area contributed by atoms with E-state index < -0.39 is 10.5 Å². The highest BCUT2D eigenvalue weighted by Gasteiger charge is 2.47. The van der Waals surface area contributed by atoms with Gasteiger partial charge in [0.1, 0.15) is 0 Å². The second-order valence-electron chi connectivity index (χ2n) is 7.10. The summed E-state index contributed by atoms with van der Waals surface area (Å²) < 4.78 is 6.25. The first-order chi connectivity index (χ1) is 10.4. The van der Waals surface area contributed by atoms with Crippen LogP contribution >= 0.6 is 0 Å². The lowest BCUT2D eigenvalue weighted by Gasteiger charge is -2.49. The molecule has 2 aliphatic rings. The van der Waals surface area contributed by atoms with Crippen molar-refractivity contribution in [2.24, 2.45) is 11.8 Å². The molecule has 22 heavy (non-hydrogen) atoms. The van der Waals surface area contributed by atoms with Crippen molar-refractivity contribution in [2.45, 2.75) is 57.3 Å². The maximum absolute atomic E-state index is 10.8. The number of rotatable bonds is 2. The van der Waals surface area contributed by atoms with Crippen LogP contribution in [0.4, 0.5) is 5.69 Å². The molecule has 5 atom stereocenters. The van der Waals surface area contributed by atoms with Crippen LogP contribution in [0.3, 0.4) is 0 Å². The Labute approximate surface area is 130 Å². The van der Waals surface area contributed by atoms with Crippen LogP contribution in [0.2, 0.25) is 0 Å². The standard InChI is InChI=1S/C17H23NO4/c1-11-3-8-14-15(9-11)22-16(10-17(14,2)19)12-4-6-13(7-5-12)18(20)21/h4-7,11,14-16,19H,3,8-10H2,1-2H3/t11-,14-,15-,16-,17?/m1/s1. The first-order valence-electron chi connectivity index (χ1n) is 7.99. The molecule has 1 aliphatic heterocycles. The highest BCUT2D eigenvalue weighted by Crippen LogP contribution is 2.47. The van der Waals surface area contributed by atoms with Gasteiger partial charge in [-0.1, -0.05) is 13.3 Å². The third-order valence-electron chi connectivity index (χ3n) is 5.27. The molecule has 3 rings (SSSR count). The Bertz CT molecular complexity index is 554. The van der Waals surface area contributed by atoms with Crippen LogP contribution in [-0.4, -0.2) is 21.7 Å². The SMILES string of the molecule is C[C@@H]1CC[C@@H]2[C@@H](C1)O[C@@H](c1ccc([N+](=O)[O-])cc1)CC2(C)O. The van der Waals surface area contributed by atoms with E-state index in [-0.39, 0.29) is 23.8 Å². The smallest absolute Gasteiger partial charge is 0.269 e. The van der Waals surface area contributed by atoms with E-state index in [1.165, 1.54) is 12.1 Å². The van der Waals surface area contributed by atoms with Gasteiger partial charge in [-0.2, -0.15) is 0 Å². The van der Waals surface area contributed by atoms with E-state index in [0.717, 1.165) is 24.8 Å². The molecule has 2 fully saturated rings. The monoisotopic (exact) mass is 305 g/mol. The molecule has 1 aliphatic carbocycles. The van der Waals surface area contributed by atoms with Crippen LogP contribution in [0.25, 0.3) is 0 Å². The lowest BCUT2D eigenvalue weighted by Crippen LogP contribution is -2.51. The maximum Gasteiger partial charge on any atom is 0.269 e. The zero-order valence-corrected chi connectivity index (χ0v) is 13.1. The fourth-order valence-corrected chi connectivity index (χ4v) is 3.98. The minimum atomic E-state index is -0.741. The molecule has 0 bridgehead atoms. The highest BCUT2D eigenvalue weighted by atomic mass is 16.6. The maximum atomic E-state index is 10.8. The Morgan fingerprint density at radius 1 is 1.32 bits per heavy atom. The van der Waals surface area contributed by atoms with Crippen molar-refractivity contribution in [3.8, 4) is 0 Å². The van der Waals surface area contributed by atoms with Crippen LogP contribution < -0.4 is 0 Å². The van der Waals surface area contributed by atoms with Crippen molar-refractivity contribution < 1.29 is 14.8 Å². The molecule has 0 aromatic heterocycles. The van der Waals surface area contributed by atoms with Crippen LogP contribution in [0.15, 0.2) is 24.3 Å². The van der Waals surface area contributed by atoms with Gasteiger partial charge in [-0.15, -0.1) is 0 Å². The molecule has 1 unspecified atom stereocenters. The average Bonchev–Trinajstić information content (AvgIpc) is 2.46. The van der Waals surface area contributed by atoms with Gasteiger partial charge in [-0.25, -0.2) is 0 Å². The summed E-state index contributed by atoms with van der Waals surface area (Å²) in [7, 11) is 0. The molecule has 0 amide bonds. The number of benzene rings is 1. The van der Waals surface area contributed by atoms with Crippen LogP contribution in [0.1, 0.15) is 51.2 Å². The molecule has 1 N–H and O–H groups in total. The van der Waals surface area contributed by atoms with Gasteiger partial charge in [-0.3, -0.25) is 10.1 Å². The van der Waals surface area contributed by atoms with Gasteiger partial charge in [0, 0.05) is 24.5 Å². The molecule has 5 nitrogen and oxygen atoms in total. The molecule has 0 radical (unpaired) electrons. The lowest BCUT2D eigenvalue weighted by atomic mass is 9.68. The molecule has 1 aromatic rings. The van der Waals surface area contributed by atoms with E-state index in [9.17, 15) is 15.2 Å². The third-order valence-corrected chi connectivity index (χ3v) is 5.27. The van der Waals surface area contributed by atoms with Crippen LogP contribution in [0, 0.1) is 22.0 Å². The zero-order chi connectivity index (χ0) is 15.9. The van der Waals surface area contributed by atoms with E-state index in [2.05, 4.69) is 6.92 Å². The summed E-state index contributed by atoms with van der Waals surface area (Å²) >= 11 is 0. The van der Waals surface area contributed by atoms with Crippen molar-refractivity contribution in [2.75, 3.05) is 0 Å². The number of nitro benzene ring substituents is 1. The molecule has 5 heteroatoms. The molecule has 120 valence electrons. The zero-order valence-electron chi connectivity index (χ0n) is 13.1. The Morgan fingerprint density at radius 3 is 2.64 bits per heavy atom. The second kappa shape index (κ2) is 5.63. The van der Waals surface area contributed by atoms with Gasteiger partial charge in [0.15, 0.2) is 0 Å².